The van der Waals surface area contributed by atoms with Gasteiger partial charge in [-0.15, -0.1) is 0 Å². The summed E-state index contributed by atoms with van der Waals surface area (Å²) in [7, 11) is 1.66. The first kappa shape index (κ1) is 16.1. The Bertz CT molecular complexity index is 646. The molecule has 5 heteroatoms. The van der Waals surface area contributed by atoms with Crippen molar-refractivity contribution in [2.75, 3.05) is 7.11 Å². The minimum absolute atomic E-state index is 0.353. The van der Waals surface area contributed by atoms with Crippen LogP contribution in [0.1, 0.15) is 22.4 Å². The van der Waals surface area contributed by atoms with Crippen LogP contribution < -0.4 is 9.47 Å². The molecule has 0 amide bonds. The number of hydrogen-bond acceptors (Lipinski definition) is 3. The van der Waals surface area contributed by atoms with Gasteiger partial charge in [0.1, 0.15) is 18.1 Å². The molecule has 112 valence electrons. The Morgan fingerprint density at radius 3 is 2.67 bits per heavy atom. The van der Waals surface area contributed by atoms with Gasteiger partial charge in [-0.1, -0.05) is 39.7 Å². The van der Waals surface area contributed by atoms with Crippen LogP contribution in [0.2, 0.25) is 5.02 Å². The number of hydrogen-bond donors (Lipinski definition) is 0. The van der Waals surface area contributed by atoms with Crippen molar-refractivity contribution in [3.05, 3.63) is 51.8 Å². The van der Waals surface area contributed by atoms with Gasteiger partial charge in [0, 0.05) is 28.2 Å². The topological polar surface area (TPSA) is 31.4 Å². The molecule has 1 aromatic carbocycles. The minimum atomic E-state index is 0.353. The first-order chi connectivity index (χ1) is 10.1. The van der Waals surface area contributed by atoms with Gasteiger partial charge < -0.3 is 9.47 Å². The van der Waals surface area contributed by atoms with Gasteiger partial charge in [-0.3, -0.25) is 4.98 Å². The van der Waals surface area contributed by atoms with Gasteiger partial charge in [0.05, 0.1) is 17.8 Å². The number of benzene rings is 1. The van der Waals surface area contributed by atoms with E-state index in [9.17, 15) is 0 Å². The SMILES string of the molecule is COc1c(C)cnc(COc2c(Cl)cccc2CBr)c1C. The normalized spacial score (nSPS) is 10.5. The zero-order valence-electron chi connectivity index (χ0n) is 12.2. The van der Waals surface area contributed by atoms with E-state index < -0.39 is 0 Å². The van der Waals surface area contributed by atoms with E-state index in [4.69, 9.17) is 21.1 Å². The lowest BCUT2D eigenvalue weighted by Gasteiger charge is -2.15. The fraction of sp³-hybridized carbons (Fsp3) is 0.312. The summed E-state index contributed by atoms with van der Waals surface area (Å²) in [5, 5.41) is 1.29. The van der Waals surface area contributed by atoms with E-state index in [2.05, 4.69) is 20.9 Å². The molecule has 2 aromatic rings. The molecule has 1 aromatic heterocycles. The fourth-order valence-electron chi connectivity index (χ4n) is 2.18. The maximum atomic E-state index is 6.21. The van der Waals surface area contributed by atoms with E-state index in [1.165, 1.54) is 0 Å². The molecule has 0 aliphatic heterocycles. The molecule has 2 rings (SSSR count). The summed E-state index contributed by atoms with van der Waals surface area (Å²) >= 11 is 9.65. The Morgan fingerprint density at radius 1 is 1.24 bits per heavy atom. The lowest BCUT2D eigenvalue weighted by atomic mass is 10.1. The van der Waals surface area contributed by atoms with Gasteiger partial charge in [0.2, 0.25) is 0 Å². The molecule has 0 aliphatic rings. The molecule has 1 heterocycles. The highest BCUT2D eigenvalue weighted by Gasteiger charge is 2.12. The summed E-state index contributed by atoms with van der Waals surface area (Å²) in [6.07, 6.45) is 1.79. The number of halogens is 2. The van der Waals surface area contributed by atoms with Crippen molar-refractivity contribution < 1.29 is 9.47 Å². The summed E-state index contributed by atoms with van der Waals surface area (Å²) < 4.78 is 11.3. The molecule has 0 atom stereocenters. The van der Waals surface area contributed by atoms with Crippen LogP contribution in [-0.2, 0) is 11.9 Å². The third kappa shape index (κ3) is 3.50. The standard InChI is InChI=1S/C16H17BrClNO2/c1-10-8-19-14(11(2)15(10)20-3)9-21-16-12(7-17)5-4-6-13(16)18/h4-6,8H,7,9H2,1-3H3. The van der Waals surface area contributed by atoms with Crippen LogP contribution in [0, 0.1) is 13.8 Å². The Kier molecular flexibility index (Phi) is 5.48. The Labute approximate surface area is 138 Å². The lowest BCUT2D eigenvalue weighted by molar-refractivity contribution is 0.297. The first-order valence-corrected chi connectivity index (χ1v) is 8.03. The highest BCUT2D eigenvalue weighted by atomic mass is 79.9. The molecular weight excluding hydrogens is 354 g/mol. The molecular formula is C16H17BrClNO2. The monoisotopic (exact) mass is 369 g/mol. The molecule has 0 bridgehead atoms. The largest absolute Gasteiger partial charge is 0.496 e. The number of rotatable bonds is 5. The number of pyridine rings is 1. The smallest absolute Gasteiger partial charge is 0.142 e. The van der Waals surface area contributed by atoms with Crippen LogP contribution in [0.15, 0.2) is 24.4 Å². The number of aryl methyl sites for hydroxylation is 1. The second-order valence-electron chi connectivity index (χ2n) is 4.70. The van der Waals surface area contributed by atoms with Crippen molar-refractivity contribution in [2.45, 2.75) is 25.8 Å². The van der Waals surface area contributed by atoms with E-state index >= 15 is 0 Å². The third-order valence-corrected chi connectivity index (χ3v) is 4.20. The predicted molar refractivity (Wildman–Crippen MR) is 88.7 cm³/mol. The van der Waals surface area contributed by atoms with Crippen molar-refractivity contribution in [3.8, 4) is 11.5 Å². The molecule has 0 fully saturated rings. The molecule has 0 radical (unpaired) electrons. The number of alkyl halides is 1. The zero-order valence-corrected chi connectivity index (χ0v) is 14.6. The van der Waals surface area contributed by atoms with Gasteiger partial charge in [-0.25, -0.2) is 0 Å². The van der Waals surface area contributed by atoms with Gasteiger partial charge in [0.25, 0.3) is 0 Å². The van der Waals surface area contributed by atoms with Crippen LogP contribution in [0.25, 0.3) is 0 Å². The molecule has 0 saturated carbocycles. The highest BCUT2D eigenvalue weighted by molar-refractivity contribution is 9.08. The van der Waals surface area contributed by atoms with Crippen molar-refractivity contribution >= 4 is 27.5 Å². The van der Waals surface area contributed by atoms with Crippen molar-refractivity contribution in [2.24, 2.45) is 0 Å². The Balaban J connectivity index is 2.25. The average molecular weight is 371 g/mol. The molecule has 0 saturated heterocycles. The summed E-state index contributed by atoms with van der Waals surface area (Å²) in [5.74, 6) is 1.54. The lowest BCUT2D eigenvalue weighted by Crippen LogP contribution is -2.05. The highest BCUT2D eigenvalue weighted by Crippen LogP contribution is 2.31. The maximum Gasteiger partial charge on any atom is 0.142 e. The van der Waals surface area contributed by atoms with Crippen LogP contribution in [0.5, 0.6) is 11.5 Å². The van der Waals surface area contributed by atoms with E-state index in [0.717, 1.165) is 28.1 Å². The Morgan fingerprint density at radius 2 is 2.00 bits per heavy atom. The van der Waals surface area contributed by atoms with E-state index in [1.807, 2.05) is 32.0 Å². The van der Waals surface area contributed by atoms with Gasteiger partial charge in [-0.2, -0.15) is 0 Å². The van der Waals surface area contributed by atoms with Crippen molar-refractivity contribution in [1.29, 1.82) is 0 Å². The quantitative estimate of drug-likeness (QED) is 0.706. The van der Waals surface area contributed by atoms with Crippen LogP contribution in [0.4, 0.5) is 0 Å². The molecule has 21 heavy (non-hydrogen) atoms. The molecule has 0 aliphatic carbocycles. The van der Waals surface area contributed by atoms with E-state index in [0.29, 0.717) is 22.7 Å². The number of nitrogens with zero attached hydrogens (tertiary/aromatic N) is 1. The average Bonchev–Trinajstić information content (AvgIpc) is 2.48. The summed E-state index contributed by atoms with van der Waals surface area (Å²) in [6.45, 7) is 4.31. The summed E-state index contributed by atoms with van der Waals surface area (Å²) in [5.41, 5.74) is 3.86. The third-order valence-electron chi connectivity index (χ3n) is 3.30. The predicted octanol–water partition coefficient (Wildman–Crippen LogP) is 4.83. The molecule has 3 nitrogen and oxygen atoms in total. The van der Waals surface area contributed by atoms with Crippen molar-refractivity contribution in [1.82, 2.24) is 4.98 Å². The van der Waals surface area contributed by atoms with Gasteiger partial charge >= 0.3 is 0 Å². The molecule has 0 spiro atoms. The summed E-state index contributed by atoms with van der Waals surface area (Å²) in [6, 6.07) is 5.70. The van der Waals surface area contributed by atoms with Crippen LogP contribution in [-0.4, -0.2) is 12.1 Å². The summed E-state index contributed by atoms with van der Waals surface area (Å²) in [4.78, 5) is 4.43. The molecule has 0 unspecified atom stereocenters. The number of aromatic nitrogens is 1. The second kappa shape index (κ2) is 7.14. The number of methoxy groups -OCH3 is 1. The van der Waals surface area contributed by atoms with Crippen LogP contribution >= 0.6 is 27.5 Å². The van der Waals surface area contributed by atoms with E-state index in [-0.39, 0.29) is 0 Å². The number of ether oxygens (including phenoxy) is 2. The van der Waals surface area contributed by atoms with Gasteiger partial charge in [-0.05, 0) is 19.9 Å². The van der Waals surface area contributed by atoms with Crippen molar-refractivity contribution in [3.63, 3.8) is 0 Å². The van der Waals surface area contributed by atoms with Gasteiger partial charge in [0.15, 0.2) is 0 Å². The number of para-hydroxylation sites is 1. The fourth-order valence-corrected chi connectivity index (χ4v) is 2.87. The maximum absolute atomic E-state index is 6.21. The second-order valence-corrected chi connectivity index (χ2v) is 5.66. The zero-order chi connectivity index (χ0) is 15.4. The Hall–Kier alpha value is -1.26. The first-order valence-electron chi connectivity index (χ1n) is 6.53. The minimum Gasteiger partial charge on any atom is -0.496 e. The van der Waals surface area contributed by atoms with Crippen LogP contribution in [0.3, 0.4) is 0 Å². The van der Waals surface area contributed by atoms with E-state index in [1.54, 1.807) is 13.3 Å². The molecule has 0 N–H and O–H groups in total.